The molecule has 0 aliphatic carbocycles. The van der Waals surface area contributed by atoms with Gasteiger partial charge in [-0.05, 0) is 70.3 Å². The summed E-state index contributed by atoms with van der Waals surface area (Å²) in [6.07, 6.45) is 2.79. The molecule has 0 aliphatic heterocycles. The quantitative estimate of drug-likeness (QED) is 0.765. The zero-order chi connectivity index (χ0) is 14.3. The average molecular weight is 260 g/mol. The summed E-state index contributed by atoms with van der Waals surface area (Å²) < 4.78 is 5.72. The summed E-state index contributed by atoms with van der Waals surface area (Å²) in [5.74, 6) is 0.930. The number of benzene rings is 1. The molecule has 0 heterocycles. The molecule has 0 saturated heterocycles. The van der Waals surface area contributed by atoms with Crippen LogP contribution < -0.4 is 10.1 Å². The number of ether oxygens (including phenoxy) is 1. The first-order valence-corrected chi connectivity index (χ1v) is 6.81. The Morgan fingerprint density at radius 2 is 2.00 bits per heavy atom. The van der Waals surface area contributed by atoms with Crippen LogP contribution >= 0.6 is 0 Å². The molecule has 1 aromatic rings. The molecule has 0 fully saturated rings. The van der Waals surface area contributed by atoms with E-state index < -0.39 is 5.54 Å². The molecule has 19 heavy (non-hydrogen) atoms. The van der Waals surface area contributed by atoms with Crippen molar-refractivity contribution in [2.24, 2.45) is 0 Å². The van der Waals surface area contributed by atoms with E-state index in [4.69, 9.17) is 10.00 Å². The van der Waals surface area contributed by atoms with Gasteiger partial charge in [0.1, 0.15) is 11.3 Å². The smallest absolute Gasteiger partial charge is 0.119 e. The lowest BCUT2D eigenvalue weighted by molar-refractivity contribution is 0.297. The first kappa shape index (κ1) is 15.5. The summed E-state index contributed by atoms with van der Waals surface area (Å²) in [7, 11) is 1.83. The van der Waals surface area contributed by atoms with Crippen molar-refractivity contribution in [2.75, 3.05) is 13.7 Å². The molecule has 3 nitrogen and oxygen atoms in total. The highest BCUT2D eigenvalue weighted by atomic mass is 16.5. The topological polar surface area (TPSA) is 45.0 Å². The van der Waals surface area contributed by atoms with Gasteiger partial charge >= 0.3 is 0 Å². The van der Waals surface area contributed by atoms with Crippen LogP contribution in [0, 0.1) is 25.2 Å². The molecule has 1 N–H and O–H groups in total. The van der Waals surface area contributed by atoms with Gasteiger partial charge in [-0.15, -0.1) is 0 Å². The number of unbranched alkanes of at least 4 members (excludes halogenated alkanes) is 1. The van der Waals surface area contributed by atoms with Crippen LogP contribution in [-0.2, 0) is 0 Å². The molecule has 0 bridgehead atoms. The van der Waals surface area contributed by atoms with Crippen molar-refractivity contribution in [3.8, 4) is 11.8 Å². The molecule has 0 spiro atoms. The molecule has 0 aromatic heterocycles. The van der Waals surface area contributed by atoms with E-state index >= 15 is 0 Å². The molecule has 1 aromatic carbocycles. The largest absolute Gasteiger partial charge is 0.494 e. The maximum atomic E-state index is 9.03. The molecular formula is C16H24N2O. The third-order valence-corrected chi connectivity index (χ3v) is 3.62. The number of nitriles is 1. The highest BCUT2D eigenvalue weighted by molar-refractivity contribution is 5.33. The van der Waals surface area contributed by atoms with Crippen LogP contribution in [-0.4, -0.2) is 19.2 Å². The molecule has 0 radical (unpaired) electrons. The lowest BCUT2D eigenvalue weighted by Crippen LogP contribution is -2.37. The fourth-order valence-corrected chi connectivity index (χ4v) is 1.81. The Hall–Kier alpha value is -1.53. The van der Waals surface area contributed by atoms with E-state index in [0.29, 0.717) is 6.61 Å². The minimum Gasteiger partial charge on any atom is -0.494 e. The second-order valence-corrected chi connectivity index (χ2v) is 5.25. The van der Waals surface area contributed by atoms with Crippen molar-refractivity contribution >= 4 is 0 Å². The monoisotopic (exact) mass is 260 g/mol. The van der Waals surface area contributed by atoms with E-state index in [1.165, 1.54) is 11.1 Å². The van der Waals surface area contributed by atoms with Gasteiger partial charge in [-0.3, -0.25) is 0 Å². The van der Waals surface area contributed by atoms with Gasteiger partial charge in [0.25, 0.3) is 0 Å². The lowest BCUT2D eigenvalue weighted by atomic mass is 9.97. The van der Waals surface area contributed by atoms with Gasteiger partial charge < -0.3 is 10.1 Å². The molecule has 0 saturated carbocycles. The van der Waals surface area contributed by atoms with Crippen LogP contribution in [0.3, 0.4) is 0 Å². The Bertz CT molecular complexity index is 451. The third kappa shape index (κ3) is 4.92. The summed E-state index contributed by atoms with van der Waals surface area (Å²) in [5, 5.41) is 12.1. The Labute approximate surface area is 116 Å². The van der Waals surface area contributed by atoms with Crippen LogP contribution in [0.15, 0.2) is 18.2 Å². The SMILES string of the molecule is CNC(C)(C#N)CCCCOc1ccc(C)c(C)c1. The van der Waals surface area contributed by atoms with E-state index in [9.17, 15) is 0 Å². The molecule has 1 unspecified atom stereocenters. The fourth-order valence-electron chi connectivity index (χ4n) is 1.81. The Balaban J connectivity index is 2.28. The van der Waals surface area contributed by atoms with Crippen LogP contribution in [0.1, 0.15) is 37.3 Å². The van der Waals surface area contributed by atoms with Gasteiger partial charge in [0.2, 0.25) is 0 Å². The van der Waals surface area contributed by atoms with Crippen molar-refractivity contribution in [2.45, 2.75) is 45.6 Å². The molecule has 1 rings (SSSR count). The van der Waals surface area contributed by atoms with E-state index in [2.05, 4.69) is 37.4 Å². The maximum absolute atomic E-state index is 9.03. The van der Waals surface area contributed by atoms with Gasteiger partial charge in [-0.1, -0.05) is 6.07 Å². The normalized spacial score (nSPS) is 13.6. The second kappa shape index (κ2) is 7.16. The van der Waals surface area contributed by atoms with Gasteiger partial charge in [-0.25, -0.2) is 0 Å². The summed E-state index contributed by atoms with van der Waals surface area (Å²) in [4.78, 5) is 0. The molecule has 104 valence electrons. The minimum atomic E-state index is -0.416. The van der Waals surface area contributed by atoms with Crippen LogP contribution in [0.5, 0.6) is 5.75 Å². The number of nitrogens with zero attached hydrogens (tertiary/aromatic N) is 1. The first-order valence-electron chi connectivity index (χ1n) is 6.81. The van der Waals surface area contributed by atoms with Crippen molar-refractivity contribution in [3.05, 3.63) is 29.3 Å². The predicted molar refractivity (Wildman–Crippen MR) is 78.3 cm³/mol. The molecular weight excluding hydrogens is 236 g/mol. The molecule has 0 aliphatic rings. The standard InChI is InChI=1S/C16H24N2O/c1-13-7-8-15(11-14(13)2)19-10-6-5-9-16(3,12-17)18-4/h7-8,11,18H,5-6,9-10H2,1-4H3. The highest BCUT2D eigenvalue weighted by Gasteiger charge is 2.19. The van der Waals surface area contributed by atoms with Crippen molar-refractivity contribution < 1.29 is 4.74 Å². The number of hydrogen-bond acceptors (Lipinski definition) is 3. The number of aryl methyl sites for hydroxylation is 2. The minimum absolute atomic E-state index is 0.416. The summed E-state index contributed by atoms with van der Waals surface area (Å²) >= 11 is 0. The van der Waals surface area contributed by atoms with Gasteiger partial charge in [0.15, 0.2) is 0 Å². The molecule has 1 atom stereocenters. The van der Waals surface area contributed by atoms with Crippen LogP contribution in [0.4, 0.5) is 0 Å². The summed E-state index contributed by atoms with van der Waals surface area (Å²) in [5.41, 5.74) is 2.12. The van der Waals surface area contributed by atoms with Crippen molar-refractivity contribution in [3.63, 3.8) is 0 Å². The molecule has 0 amide bonds. The second-order valence-electron chi connectivity index (χ2n) is 5.25. The van der Waals surface area contributed by atoms with E-state index in [-0.39, 0.29) is 0 Å². The van der Waals surface area contributed by atoms with Crippen molar-refractivity contribution in [1.82, 2.24) is 5.32 Å². The zero-order valence-corrected chi connectivity index (χ0v) is 12.4. The maximum Gasteiger partial charge on any atom is 0.119 e. The number of hydrogen-bond donors (Lipinski definition) is 1. The number of rotatable bonds is 7. The van der Waals surface area contributed by atoms with E-state index in [1.807, 2.05) is 20.0 Å². The van der Waals surface area contributed by atoms with Crippen LogP contribution in [0.2, 0.25) is 0 Å². The molecule has 3 heteroatoms. The highest BCUT2D eigenvalue weighted by Crippen LogP contribution is 2.17. The predicted octanol–water partition coefficient (Wildman–Crippen LogP) is 3.35. The summed E-state index contributed by atoms with van der Waals surface area (Å²) in [6.45, 7) is 6.82. The Morgan fingerprint density at radius 1 is 1.26 bits per heavy atom. The van der Waals surface area contributed by atoms with Crippen LogP contribution in [0.25, 0.3) is 0 Å². The lowest BCUT2D eigenvalue weighted by Gasteiger charge is -2.20. The zero-order valence-electron chi connectivity index (χ0n) is 12.4. The Morgan fingerprint density at radius 3 is 2.58 bits per heavy atom. The summed E-state index contributed by atoms with van der Waals surface area (Å²) in [6, 6.07) is 8.46. The number of nitrogens with one attached hydrogen (secondary N) is 1. The van der Waals surface area contributed by atoms with Gasteiger partial charge in [-0.2, -0.15) is 5.26 Å². The first-order chi connectivity index (χ1) is 9.00. The fraction of sp³-hybridized carbons (Fsp3) is 0.562. The average Bonchev–Trinajstić information content (AvgIpc) is 2.42. The van der Waals surface area contributed by atoms with E-state index in [1.54, 1.807) is 0 Å². The van der Waals surface area contributed by atoms with Gasteiger partial charge in [0, 0.05) is 0 Å². The van der Waals surface area contributed by atoms with Crippen molar-refractivity contribution in [1.29, 1.82) is 5.26 Å². The van der Waals surface area contributed by atoms with E-state index in [0.717, 1.165) is 25.0 Å². The van der Waals surface area contributed by atoms with Gasteiger partial charge in [0.05, 0.1) is 12.7 Å². The third-order valence-electron chi connectivity index (χ3n) is 3.62. The Kier molecular flexibility index (Phi) is 5.85.